The maximum atomic E-state index is 12.4. The fourth-order valence-corrected chi connectivity index (χ4v) is 4.26. The van der Waals surface area contributed by atoms with Gasteiger partial charge in [0.05, 0.1) is 5.41 Å². The number of nitrogens with zero attached hydrogens (tertiary/aromatic N) is 1. The third kappa shape index (κ3) is 1.34. The average Bonchev–Trinajstić information content (AvgIpc) is 3.02. The zero-order chi connectivity index (χ0) is 13.9. The van der Waals surface area contributed by atoms with Crippen LogP contribution in [-0.2, 0) is 23.1 Å². The predicted octanol–water partition coefficient (Wildman–Crippen LogP) is 1.83. The number of fused-ring (bicyclic) bond motifs is 3. The first-order valence-corrected chi connectivity index (χ1v) is 7.04. The zero-order valence-electron chi connectivity index (χ0n) is 10.3. The topological polar surface area (TPSA) is 79.3 Å². The van der Waals surface area contributed by atoms with Crippen LogP contribution in [0.15, 0.2) is 24.4 Å². The van der Waals surface area contributed by atoms with Gasteiger partial charge in [-0.15, -0.1) is 11.3 Å². The molecule has 5 nitrogen and oxygen atoms in total. The molecule has 3 heterocycles. The van der Waals surface area contributed by atoms with Gasteiger partial charge in [0, 0.05) is 23.1 Å². The van der Waals surface area contributed by atoms with Crippen LogP contribution in [0.25, 0.3) is 0 Å². The summed E-state index contributed by atoms with van der Waals surface area (Å²) < 4.78 is 0. The molecule has 1 atom stereocenters. The lowest BCUT2D eigenvalue weighted by atomic mass is 9.80. The third-order valence-electron chi connectivity index (χ3n) is 4.05. The van der Waals surface area contributed by atoms with Crippen molar-refractivity contribution in [2.45, 2.75) is 18.3 Å². The summed E-state index contributed by atoms with van der Waals surface area (Å²) in [5.41, 5.74) is 1.30. The van der Waals surface area contributed by atoms with Gasteiger partial charge in [-0.3, -0.25) is 4.79 Å². The van der Waals surface area contributed by atoms with E-state index in [9.17, 15) is 9.59 Å². The summed E-state index contributed by atoms with van der Waals surface area (Å²) >= 11 is 1.27. The molecule has 0 unspecified atom stereocenters. The standard InChI is InChI=1S/C14H10N2O3S/c17-12(18)9-4-7-5-14(6-10(7)20-9)8-2-1-3-15-11(8)16-13(14)19/h1-4H,5-6H2,(H,17,18)(H,15,16,19)/t14-/m0/s1. The third-order valence-corrected chi connectivity index (χ3v) is 5.22. The van der Waals surface area contributed by atoms with Gasteiger partial charge in [-0.05, 0) is 24.1 Å². The summed E-state index contributed by atoms with van der Waals surface area (Å²) in [7, 11) is 0. The number of carboxylic acid groups (broad SMARTS) is 1. The lowest BCUT2D eigenvalue weighted by Crippen LogP contribution is -2.35. The molecule has 2 aromatic heterocycles. The highest BCUT2D eigenvalue weighted by molar-refractivity contribution is 7.14. The van der Waals surface area contributed by atoms with Crippen molar-refractivity contribution >= 4 is 29.0 Å². The molecule has 1 aliphatic heterocycles. The first-order valence-electron chi connectivity index (χ1n) is 6.22. The maximum Gasteiger partial charge on any atom is 0.345 e. The van der Waals surface area contributed by atoms with E-state index in [1.165, 1.54) is 11.3 Å². The molecule has 0 saturated heterocycles. The van der Waals surface area contributed by atoms with Crippen LogP contribution < -0.4 is 5.32 Å². The van der Waals surface area contributed by atoms with E-state index in [2.05, 4.69) is 10.3 Å². The largest absolute Gasteiger partial charge is 0.477 e. The molecular weight excluding hydrogens is 276 g/mol. The molecule has 100 valence electrons. The fourth-order valence-electron chi connectivity index (χ4n) is 3.12. The number of rotatable bonds is 1. The predicted molar refractivity (Wildman–Crippen MR) is 73.2 cm³/mol. The summed E-state index contributed by atoms with van der Waals surface area (Å²) in [6.07, 6.45) is 2.77. The van der Waals surface area contributed by atoms with Gasteiger partial charge in [-0.25, -0.2) is 9.78 Å². The van der Waals surface area contributed by atoms with Crippen molar-refractivity contribution in [3.05, 3.63) is 45.3 Å². The lowest BCUT2D eigenvalue weighted by molar-refractivity contribution is -0.120. The monoisotopic (exact) mass is 286 g/mol. The van der Waals surface area contributed by atoms with Crippen LogP contribution >= 0.6 is 11.3 Å². The van der Waals surface area contributed by atoms with Crippen LogP contribution in [0.3, 0.4) is 0 Å². The highest BCUT2D eigenvalue weighted by Crippen LogP contribution is 2.48. The molecule has 4 rings (SSSR count). The van der Waals surface area contributed by atoms with Crippen LogP contribution in [0.4, 0.5) is 5.82 Å². The summed E-state index contributed by atoms with van der Waals surface area (Å²) in [5.74, 6) is -0.311. The Morgan fingerprint density at radius 1 is 1.45 bits per heavy atom. The van der Waals surface area contributed by atoms with Crippen LogP contribution in [-0.4, -0.2) is 22.0 Å². The Balaban J connectivity index is 1.80. The van der Waals surface area contributed by atoms with Crippen LogP contribution in [0.2, 0.25) is 0 Å². The maximum absolute atomic E-state index is 12.4. The fraction of sp³-hybridized carbons (Fsp3) is 0.214. The number of carboxylic acids is 1. The summed E-state index contributed by atoms with van der Waals surface area (Å²) in [5, 5.41) is 11.9. The van der Waals surface area contributed by atoms with Crippen molar-refractivity contribution in [2.75, 3.05) is 5.32 Å². The minimum Gasteiger partial charge on any atom is -0.477 e. The SMILES string of the molecule is O=C(O)c1cc2c(s1)C[C@]1(C2)C(=O)Nc2ncccc21. The van der Waals surface area contributed by atoms with E-state index in [0.717, 1.165) is 16.0 Å². The van der Waals surface area contributed by atoms with E-state index in [1.807, 2.05) is 12.1 Å². The van der Waals surface area contributed by atoms with Crippen molar-refractivity contribution in [3.63, 3.8) is 0 Å². The van der Waals surface area contributed by atoms with Gasteiger partial charge in [-0.1, -0.05) is 6.07 Å². The van der Waals surface area contributed by atoms with Crippen LogP contribution in [0.1, 0.15) is 25.7 Å². The van der Waals surface area contributed by atoms with Gasteiger partial charge in [0.15, 0.2) is 0 Å². The van der Waals surface area contributed by atoms with Gasteiger partial charge in [0.25, 0.3) is 0 Å². The zero-order valence-corrected chi connectivity index (χ0v) is 11.2. The quantitative estimate of drug-likeness (QED) is 0.838. The second-order valence-electron chi connectivity index (χ2n) is 5.15. The molecule has 20 heavy (non-hydrogen) atoms. The van der Waals surface area contributed by atoms with E-state index in [0.29, 0.717) is 23.5 Å². The van der Waals surface area contributed by atoms with E-state index in [-0.39, 0.29) is 5.91 Å². The van der Waals surface area contributed by atoms with Crippen LogP contribution in [0.5, 0.6) is 0 Å². The van der Waals surface area contributed by atoms with Crippen LogP contribution in [0, 0.1) is 0 Å². The molecule has 0 fully saturated rings. The second-order valence-corrected chi connectivity index (χ2v) is 6.29. The molecule has 0 aromatic carbocycles. The first-order chi connectivity index (χ1) is 9.60. The number of anilines is 1. The number of amides is 1. The Hall–Kier alpha value is -2.21. The van der Waals surface area contributed by atoms with Crippen molar-refractivity contribution in [2.24, 2.45) is 0 Å². The van der Waals surface area contributed by atoms with E-state index in [4.69, 9.17) is 5.11 Å². The van der Waals surface area contributed by atoms with Crippen molar-refractivity contribution < 1.29 is 14.7 Å². The number of aromatic nitrogens is 1. The first kappa shape index (κ1) is 11.6. The van der Waals surface area contributed by atoms with Crippen molar-refractivity contribution in [1.82, 2.24) is 4.98 Å². The molecule has 2 aromatic rings. The second kappa shape index (κ2) is 3.67. The average molecular weight is 286 g/mol. The molecule has 0 radical (unpaired) electrons. The molecule has 6 heteroatoms. The molecule has 0 saturated carbocycles. The minimum absolute atomic E-state index is 0.0357. The Morgan fingerprint density at radius 3 is 3.05 bits per heavy atom. The summed E-state index contributed by atoms with van der Waals surface area (Å²) in [6.45, 7) is 0. The molecule has 1 amide bonds. The highest BCUT2D eigenvalue weighted by atomic mass is 32.1. The number of hydrogen-bond donors (Lipinski definition) is 2. The smallest absolute Gasteiger partial charge is 0.345 e. The van der Waals surface area contributed by atoms with Gasteiger partial charge < -0.3 is 10.4 Å². The minimum atomic E-state index is -0.906. The summed E-state index contributed by atoms with van der Waals surface area (Å²) in [4.78, 5) is 28.9. The van der Waals surface area contributed by atoms with Gasteiger partial charge >= 0.3 is 5.97 Å². The Kier molecular flexibility index (Phi) is 2.13. The molecule has 2 aliphatic rings. The number of carbonyl (C=O) groups excluding carboxylic acids is 1. The number of carbonyl (C=O) groups is 2. The lowest BCUT2D eigenvalue weighted by Gasteiger charge is -2.20. The molecular formula is C14H10N2O3S. The Labute approximate surface area is 118 Å². The Morgan fingerprint density at radius 2 is 2.30 bits per heavy atom. The highest BCUT2D eigenvalue weighted by Gasteiger charge is 2.51. The molecule has 1 spiro atoms. The number of aromatic carboxylic acids is 1. The summed E-state index contributed by atoms with van der Waals surface area (Å²) in [6, 6.07) is 5.45. The van der Waals surface area contributed by atoms with Crippen molar-refractivity contribution in [1.29, 1.82) is 0 Å². The van der Waals surface area contributed by atoms with E-state index in [1.54, 1.807) is 12.3 Å². The van der Waals surface area contributed by atoms with Gasteiger partial charge in [0.2, 0.25) is 5.91 Å². The van der Waals surface area contributed by atoms with E-state index >= 15 is 0 Å². The number of pyridine rings is 1. The normalized spacial score (nSPS) is 22.7. The van der Waals surface area contributed by atoms with E-state index < -0.39 is 11.4 Å². The Bertz CT molecular complexity index is 742. The number of thiophene rings is 1. The molecule has 2 N–H and O–H groups in total. The molecule has 1 aliphatic carbocycles. The molecule has 0 bridgehead atoms. The van der Waals surface area contributed by atoms with Gasteiger partial charge in [0.1, 0.15) is 10.7 Å². The number of nitrogens with one attached hydrogen (secondary N) is 1. The number of hydrogen-bond acceptors (Lipinski definition) is 4. The van der Waals surface area contributed by atoms with Crippen molar-refractivity contribution in [3.8, 4) is 0 Å². The van der Waals surface area contributed by atoms with Gasteiger partial charge in [-0.2, -0.15) is 0 Å².